The number of aliphatic carboxylic acids is 1. The molecule has 0 aromatic heterocycles. The van der Waals surface area contributed by atoms with Gasteiger partial charge >= 0.3 is 5.97 Å². The monoisotopic (exact) mass is 337 g/mol. The summed E-state index contributed by atoms with van der Waals surface area (Å²) in [5.74, 6) is -0.502. The predicted molar refractivity (Wildman–Crippen MR) is 91.8 cm³/mol. The van der Waals surface area contributed by atoms with E-state index >= 15 is 0 Å². The van der Waals surface area contributed by atoms with Crippen molar-refractivity contribution in [2.75, 3.05) is 32.7 Å². The third kappa shape index (κ3) is 3.59. The van der Waals surface area contributed by atoms with Crippen LogP contribution in [0.2, 0.25) is 0 Å². The van der Waals surface area contributed by atoms with E-state index in [-0.39, 0.29) is 23.8 Å². The minimum atomic E-state index is -0.779. The zero-order valence-corrected chi connectivity index (χ0v) is 14.8. The van der Waals surface area contributed by atoms with Crippen molar-refractivity contribution >= 4 is 11.9 Å². The van der Waals surface area contributed by atoms with Crippen LogP contribution >= 0.6 is 0 Å². The van der Waals surface area contributed by atoms with Gasteiger partial charge in [0.1, 0.15) is 0 Å². The Kier molecular flexibility index (Phi) is 5.45. The van der Waals surface area contributed by atoms with Gasteiger partial charge < -0.3 is 15.3 Å². The van der Waals surface area contributed by atoms with Crippen molar-refractivity contribution in [3.05, 3.63) is 0 Å². The number of carbonyl (C=O) groups is 2. The highest BCUT2D eigenvalue weighted by molar-refractivity contribution is 5.85. The van der Waals surface area contributed by atoms with E-state index < -0.39 is 5.97 Å². The molecule has 0 aromatic carbocycles. The summed E-state index contributed by atoms with van der Waals surface area (Å²) in [5.41, 5.74) is -0.217. The number of rotatable bonds is 5. The molecule has 0 saturated carbocycles. The van der Waals surface area contributed by atoms with Crippen LogP contribution in [-0.2, 0) is 9.59 Å². The first-order valence-corrected chi connectivity index (χ1v) is 9.49. The zero-order chi connectivity index (χ0) is 17.2. The zero-order valence-electron chi connectivity index (χ0n) is 14.8. The fourth-order valence-electron chi connectivity index (χ4n) is 4.98. The first-order valence-electron chi connectivity index (χ1n) is 9.49. The Bertz CT molecular complexity index is 478. The standard InChI is InChI=1S/C18H31N3O3/c1-14-12-18(17(24)21(14)11-2-4-16(22)23)7-3-10-20(13-18)15-5-8-19-9-6-15/h14-15,19H,2-13H2,1H3,(H,22,23). The Balaban J connectivity index is 1.63. The molecule has 0 radical (unpaired) electrons. The highest BCUT2D eigenvalue weighted by Gasteiger charge is 2.52. The maximum atomic E-state index is 13.1. The fraction of sp³-hybridized carbons (Fsp3) is 0.889. The van der Waals surface area contributed by atoms with Crippen LogP contribution in [0.3, 0.4) is 0 Å². The van der Waals surface area contributed by atoms with E-state index in [0.717, 1.165) is 45.4 Å². The van der Waals surface area contributed by atoms with E-state index in [0.29, 0.717) is 19.0 Å². The lowest BCUT2D eigenvalue weighted by Crippen LogP contribution is -2.53. The van der Waals surface area contributed by atoms with Crippen LogP contribution in [0.15, 0.2) is 0 Å². The van der Waals surface area contributed by atoms with Gasteiger partial charge in [0.15, 0.2) is 0 Å². The molecule has 6 heteroatoms. The van der Waals surface area contributed by atoms with Gasteiger partial charge in [-0.1, -0.05) is 0 Å². The summed E-state index contributed by atoms with van der Waals surface area (Å²) in [6.45, 7) is 6.89. The van der Waals surface area contributed by atoms with Crippen LogP contribution in [0, 0.1) is 5.41 Å². The molecule has 1 amide bonds. The molecule has 3 saturated heterocycles. The molecule has 136 valence electrons. The highest BCUT2D eigenvalue weighted by atomic mass is 16.4. The summed E-state index contributed by atoms with van der Waals surface area (Å²) in [6.07, 6.45) is 6.09. The van der Waals surface area contributed by atoms with E-state index in [1.54, 1.807) is 0 Å². The minimum Gasteiger partial charge on any atom is -0.481 e. The number of hydrogen-bond donors (Lipinski definition) is 2. The van der Waals surface area contributed by atoms with Crippen LogP contribution in [-0.4, -0.2) is 71.6 Å². The molecule has 3 aliphatic heterocycles. The molecule has 0 aliphatic carbocycles. The smallest absolute Gasteiger partial charge is 0.303 e. The van der Waals surface area contributed by atoms with Crippen LogP contribution in [0.5, 0.6) is 0 Å². The van der Waals surface area contributed by atoms with Crippen LogP contribution < -0.4 is 5.32 Å². The summed E-state index contributed by atoms with van der Waals surface area (Å²) in [4.78, 5) is 28.4. The topological polar surface area (TPSA) is 72.9 Å². The van der Waals surface area contributed by atoms with Gasteiger partial charge in [0.05, 0.1) is 5.41 Å². The normalized spacial score (nSPS) is 32.6. The third-order valence-corrected chi connectivity index (χ3v) is 6.15. The molecule has 24 heavy (non-hydrogen) atoms. The van der Waals surface area contributed by atoms with Gasteiger partial charge in [-0.15, -0.1) is 0 Å². The Labute approximate surface area is 144 Å². The van der Waals surface area contributed by atoms with E-state index in [4.69, 9.17) is 5.11 Å². The number of amides is 1. The largest absolute Gasteiger partial charge is 0.481 e. The molecular formula is C18H31N3O3. The number of nitrogens with zero attached hydrogens (tertiary/aromatic N) is 2. The van der Waals surface area contributed by atoms with Crippen molar-refractivity contribution in [2.24, 2.45) is 5.41 Å². The minimum absolute atomic E-state index is 0.144. The van der Waals surface area contributed by atoms with Gasteiger partial charge in [-0.05, 0) is 65.1 Å². The maximum Gasteiger partial charge on any atom is 0.303 e. The quantitative estimate of drug-likeness (QED) is 0.791. The molecule has 1 spiro atoms. The predicted octanol–water partition coefficient (Wildman–Crippen LogP) is 1.31. The van der Waals surface area contributed by atoms with Gasteiger partial charge in [0.25, 0.3) is 0 Å². The number of hydrogen-bond acceptors (Lipinski definition) is 4. The lowest BCUT2D eigenvalue weighted by molar-refractivity contribution is -0.141. The van der Waals surface area contributed by atoms with Gasteiger partial charge in [-0.2, -0.15) is 0 Å². The molecular weight excluding hydrogens is 306 g/mol. The molecule has 3 heterocycles. The molecule has 2 N–H and O–H groups in total. The second-order valence-electron chi connectivity index (χ2n) is 7.88. The molecule has 2 unspecified atom stereocenters. The summed E-state index contributed by atoms with van der Waals surface area (Å²) >= 11 is 0. The molecule has 3 aliphatic rings. The van der Waals surface area contributed by atoms with E-state index in [1.807, 2.05) is 4.90 Å². The summed E-state index contributed by atoms with van der Waals surface area (Å²) in [7, 11) is 0. The summed E-state index contributed by atoms with van der Waals surface area (Å²) < 4.78 is 0. The molecule has 3 rings (SSSR count). The van der Waals surface area contributed by atoms with Crippen molar-refractivity contribution in [3.63, 3.8) is 0 Å². The Hall–Kier alpha value is -1.14. The first-order chi connectivity index (χ1) is 11.5. The van der Waals surface area contributed by atoms with Gasteiger partial charge in [0.2, 0.25) is 5.91 Å². The molecule has 3 fully saturated rings. The van der Waals surface area contributed by atoms with Crippen molar-refractivity contribution in [3.8, 4) is 0 Å². The number of likely N-dealkylation sites (tertiary alicyclic amines) is 2. The highest BCUT2D eigenvalue weighted by Crippen LogP contribution is 2.44. The number of piperidine rings is 2. The summed E-state index contributed by atoms with van der Waals surface area (Å²) in [6, 6.07) is 0.854. The summed E-state index contributed by atoms with van der Waals surface area (Å²) in [5, 5.41) is 12.2. The lowest BCUT2D eigenvalue weighted by Gasteiger charge is -2.44. The average Bonchev–Trinajstić information content (AvgIpc) is 2.79. The second-order valence-corrected chi connectivity index (χ2v) is 7.88. The van der Waals surface area contributed by atoms with Gasteiger partial charge in [-0.25, -0.2) is 0 Å². The Morgan fingerprint density at radius 3 is 2.83 bits per heavy atom. The van der Waals surface area contributed by atoms with Crippen molar-refractivity contribution in [1.82, 2.24) is 15.1 Å². The van der Waals surface area contributed by atoms with E-state index in [2.05, 4.69) is 17.1 Å². The third-order valence-electron chi connectivity index (χ3n) is 6.15. The number of nitrogens with one attached hydrogen (secondary N) is 1. The SMILES string of the molecule is CC1CC2(CCCN(C3CCNCC3)C2)C(=O)N1CCCC(=O)O. The second kappa shape index (κ2) is 7.40. The molecule has 0 aromatic rings. The Morgan fingerprint density at radius 1 is 1.38 bits per heavy atom. The fourth-order valence-corrected chi connectivity index (χ4v) is 4.98. The molecule has 0 bridgehead atoms. The van der Waals surface area contributed by atoms with Crippen molar-refractivity contribution in [2.45, 2.75) is 64.0 Å². The van der Waals surface area contributed by atoms with Crippen molar-refractivity contribution in [1.29, 1.82) is 0 Å². The first kappa shape index (κ1) is 17.7. The lowest BCUT2D eigenvalue weighted by atomic mass is 9.76. The number of carboxylic acid groups (broad SMARTS) is 1. The van der Waals surface area contributed by atoms with Crippen LogP contribution in [0.1, 0.15) is 51.9 Å². The molecule has 6 nitrogen and oxygen atoms in total. The van der Waals surface area contributed by atoms with Gasteiger partial charge in [-0.3, -0.25) is 14.5 Å². The number of carbonyl (C=O) groups excluding carboxylic acids is 1. The average molecular weight is 337 g/mol. The van der Waals surface area contributed by atoms with Crippen LogP contribution in [0.25, 0.3) is 0 Å². The van der Waals surface area contributed by atoms with E-state index in [9.17, 15) is 9.59 Å². The maximum absolute atomic E-state index is 13.1. The van der Waals surface area contributed by atoms with E-state index in [1.165, 1.54) is 12.8 Å². The Morgan fingerprint density at radius 2 is 2.12 bits per heavy atom. The van der Waals surface area contributed by atoms with Crippen molar-refractivity contribution < 1.29 is 14.7 Å². The van der Waals surface area contributed by atoms with Gasteiger partial charge in [0, 0.05) is 31.6 Å². The molecule has 2 atom stereocenters. The van der Waals surface area contributed by atoms with Crippen LogP contribution in [0.4, 0.5) is 0 Å². The number of carboxylic acids is 1.